The van der Waals surface area contributed by atoms with E-state index < -0.39 is 0 Å². The molecular formula is C20H20ClN3O2S. The predicted octanol–water partition coefficient (Wildman–Crippen LogP) is 3.50. The quantitative estimate of drug-likeness (QED) is 0.594. The molecule has 0 bridgehead atoms. The molecule has 0 aliphatic heterocycles. The van der Waals surface area contributed by atoms with Crippen molar-refractivity contribution in [3.63, 3.8) is 0 Å². The highest BCUT2D eigenvalue weighted by Crippen LogP contribution is 2.11. The Kier molecular flexibility index (Phi) is 7.52. The summed E-state index contributed by atoms with van der Waals surface area (Å²) >= 11 is 11.0. The molecule has 2 aromatic rings. The van der Waals surface area contributed by atoms with Crippen molar-refractivity contribution in [3.8, 4) is 0 Å². The second-order valence-corrected chi connectivity index (χ2v) is 6.83. The summed E-state index contributed by atoms with van der Waals surface area (Å²) in [6.07, 6.45) is 3.40. The molecule has 0 unspecified atom stereocenters. The Balaban J connectivity index is 1.84. The van der Waals surface area contributed by atoms with Gasteiger partial charge in [-0.15, -0.1) is 0 Å². The lowest BCUT2D eigenvalue weighted by molar-refractivity contribution is -0.128. The lowest BCUT2D eigenvalue weighted by atomic mass is 10.1. The number of nitrogens with zero attached hydrogens (tertiary/aromatic N) is 1. The van der Waals surface area contributed by atoms with Gasteiger partial charge < -0.3 is 10.2 Å². The maximum absolute atomic E-state index is 11.9. The molecule has 0 atom stereocenters. The number of carbonyl (C=O) groups excluding carboxylic acids is 2. The van der Waals surface area contributed by atoms with Crippen LogP contribution in [-0.4, -0.2) is 35.9 Å². The van der Waals surface area contributed by atoms with Crippen molar-refractivity contribution in [2.45, 2.75) is 6.42 Å². The van der Waals surface area contributed by atoms with Gasteiger partial charge in [-0.05, 0) is 53.7 Å². The van der Waals surface area contributed by atoms with Crippen molar-refractivity contribution in [1.29, 1.82) is 0 Å². The minimum atomic E-state index is -0.337. The topological polar surface area (TPSA) is 61.4 Å². The zero-order chi connectivity index (χ0) is 19.8. The summed E-state index contributed by atoms with van der Waals surface area (Å²) in [5, 5.41) is 6.34. The number of benzene rings is 2. The zero-order valence-electron chi connectivity index (χ0n) is 15.0. The standard InChI is InChI=1S/C20H20ClN3O2S/c1-24(2)19(26)13-15-5-10-17(11-6-15)22-20(27)23-18(25)12-7-14-3-8-16(21)9-4-14/h3-12H,13H2,1-2H3,(H2,22,23,25,27)/b12-7+. The average molecular weight is 402 g/mol. The molecule has 0 fully saturated rings. The summed E-state index contributed by atoms with van der Waals surface area (Å²) in [6, 6.07) is 14.4. The monoisotopic (exact) mass is 401 g/mol. The van der Waals surface area contributed by atoms with E-state index >= 15 is 0 Å². The third-order valence-electron chi connectivity index (χ3n) is 3.60. The Morgan fingerprint density at radius 2 is 1.70 bits per heavy atom. The smallest absolute Gasteiger partial charge is 0.250 e. The fourth-order valence-corrected chi connectivity index (χ4v) is 2.44. The number of amides is 2. The van der Waals surface area contributed by atoms with Gasteiger partial charge in [-0.2, -0.15) is 0 Å². The predicted molar refractivity (Wildman–Crippen MR) is 114 cm³/mol. The van der Waals surface area contributed by atoms with Gasteiger partial charge in [0.2, 0.25) is 11.8 Å². The number of hydrogen-bond acceptors (Lipinski definition) is 3. The first-order chi connectivity index (χ1) is 12.8. The summed E-state index contributed by atoms with van der Waals surface area (Å²) in [7, 11) is 3.45. The van der Waals surface area contributed by atoms with E-state index in [2.05, 4.69) is 10.6 Å². The molecule has 0 radical (unpaired) electrons. The van der Waals surface area contributed by atoms with Gasteiger partial charge >= 0.3 is 0 Å². The molecule has 0 aliphatic carbocycles. The number of likely N-dealkylation sites (N-methyl/N-ethyl adjacent to an activating group) is 1. The summed E-state index contributed by atoms with van der Waals surface area (Å²) in [4.78, 5) is 25.2. The van der Waals surface area contributed by atoms with Gasteiger partial charge in [0.1, 0.15) is 0 Å². The van der Waals surface area contributed by atoms with Gasteiger partial charge in [0.15, 0.2) is 5.11 Å². The highest BCUT2D eigenvalue weighted by atomic mass is 35.5. The highest BCUT2D eigenvalue weighted by molar-refractivity contribution is 7.80. The Morgan fingerprint density at radius 3 is 2.30 bits per heavy atom. The van der Waals surface area contributed by atoms with Crippen LogP contribution in [0.25, 0.3) is 6.08 Å². The van der Waals surface area contributed by atoms with E-state index in [1.807, 2.05) is 24.3 Å². The second-order valence-electron chi connectivity index (χ2n) is 5.99. The normalized spacial score (nSPS) is 10.5. The van der Waals surface area contributed by atoms with Crippen molar-refractivity contribution < 1.29 is 9.59 Å². The molecule has 2 N–H and O–H groups in total. The Bertz CT molecular complexity index is 847. The van der Waals surface area contributed by atoms with Gasteiger partial charge in [-0.25, -0.2) is 0 Å². The van der Waals surface area contributed by atoms with Crippen molar-refractivity contribution in [2.75, 3.05) is 19.4 Å². The molecule has 27 heavy (non-hydrogen) atoms. The van der Waals surface area contributed by atoms with Crippen LogP contribution < -0.4 is 10.6 Å². The molecule has 0 aliphatic rings. The van der Waals surface area contributed by atoms with Crippen molar-refractivity contribution in [1.82, 2.24) is 10.2 Å². The van der Waals surface area contributed by atoms with E-state index in [0.29, 0.717) is 11.4 Å². The van der Waals surface area contributed by atoms with Crippen LogP contribution in [0.4, 0.5) is 5.69 Å². The number of hydrogen-bond donors (Lipinski definition) is 2. The van der Waals surface area contributed by atoms with Gasteiger partial charge in [0.25, 0.3) is 0 Å². The molecule has 0 aromatic heterocycles. The molecule has 0 saturated carbocycles. The van der Waals surface area contributed by atoms with E-state index in [1.54, 1.807) is 49.3 Å². The Morgan fingerprint density at radius 1 is 1.07 bits per heavy atom. The number of halogens is 1. The van der Waals surface area contributed by atoms with Crippen LogP contribution in [-0.2, 0) is 16.0 Å². The van der Waals surface area contributed by atoms with Crippen LogP contribution in [0.2, 0.25) is 5.02 Å². The molecule has 2 amide bonds. The van der Waals surface area contributed by atoms with E-state index in [1.165, 1.54) is 6.08 Å². The minimum absolute atomic E-state index is 0.0333. The molecule has 2 aromatic carbocycles. The molecule has 5 nitrogen and oxygen atoms in total. The van der Waals surface area contributed by atoms with Gasteiger partial charge in [-0.3, -0.25) is 14.9 Å². The lowest BCUT2D eigenvalue weighted by Gasteiger charge is -2.11. The number of thiocarbonyl (C=S) groups is 1. The van der Waals surface area contributed by atoms with Gasteiger partial charge in [-0.1, -0.05) is 35.9 Å². The van der Waals surface area contributed by atoms with Crippen LogP contribution in [0, 0.1) is 0 Å². The first kappa shape index (κ1) is 20.6. The van der Waals surface area contributed by atoms with Crippen LogP contribution in [0.1, 0.15) is 11.1 Å². The summed E-state index contributed by atoms with van der Waals surface area (Å²) < 4.78 is 0. The summed E-state index contributed by atoms with van der Waals surface area (Å²) in [6.45, 7) is 0. The van der Waals surface area contributed by atoms with Crippen LogP contribution in [0.15, 0.2) is 54.6 Å². The number of rotatable bonds is 5. The fourth-order valence-electron chi connectivity index (χ4n) is 2.10. The average Bonchev–Trinajstić information content (AvgIpc) is 2.62. The molecule has 140 valence electrons. The molecular weight excluding hydrogens is 382 g/mol. The minimum Gasteiger partial charge on any atom is -0.349 e. The molecule has 0 spiro atoms. The summed E-state index contributed by atoms with van der Waals surface area (Å²) in [5.41, 5.74) is 2.49. The van der Waals surface area contributed by atoms with Crippen LogP contribution in [0.5, 0.6) is 0 Å². The van der Waals surface area contributed by atoms with Crippen molar-refractivity contribution in [2.24, 2.45) is 0 Å². The van der Waals surface area contributed by atoms with E-state index in [0.717, 1.165) is 16.8 Å². The van der Waals surface area contributed by atoms with Crippen LogP contribution in [0.3, 0.4) is 0 Å². The number of carbonyl (C=O) groups is 2. The molecule has 2 rings (SSSR count). The first-order valence-electron chi connectivity index (χ1n) is 8.18. The maximum Gasteiger partial charge on any atom is 0.250 e. The lowest BCUT2D eigenvalue weighted by Crippen LogP contribution is -2.32. The summed E-state index contributed by atoms with van der Waals surface area (Å²) in [5.74, 6) is -0.304. The third-order valence-corrected chi connectivity index (χ3v) is 4.06. The van der Waals surface area contributed by atoms with Gasteiger partial charge in [0, 0.05) is 30.9 Å². The second kappa shape index (κ2) is 9.85. The first-order valence-corrected chi connectivity index (χ1v) is 8.97. The van der Waals surface area contributed by atoms with Crippen molar-refractivity contribution in [3.05, 3.63) is 70.8 Å². The molecule has 7 heteroatoms. The number of nitrogens with one attached hydrogen (secondary N) is 2. The number of anilines is 1. The van der Waals surface area contributed by atoms with E-state index in [4.69, 9.17) is 23.8 Å². The van der Waals surface area contributed by atoms with E-state index in [-0.39, 0.29) is 16.9 Å². The zero-order valence-corrected chi connectivity index (χ0v) is 16.6. The third kappa shape index (κ3) is 7.21. The Labute approximate surface area is 169 Å². The van der Waals surface area contributed by atoms with Gasteiger partial charge in [0.05, 0.1) is 6.42 Å². The Hall–Kier alpha value is -2.70. The van der Waals surface area contributed by atoms with E-state index in [9.17, 15) is 9.59 Å². The van der Waals surface area contributed by atoms with Crippen molar-refractivity contribution >= 4 is 52.5 Å². The molecule has 0 saturated heterocycles. The highest BCUT2D eigenvalue weighted by Gasteiger charge is 2.06. The largest absolute Gasteiger partial charge is 0.349 e. The molecule has 0 heterocycles. The maximum atomic E-state index is 11.9. The fraction of sp³-hybridized carbons (Fsp3) is 0.150. The van der Waals surface area contributed by atoms with Crippen LogP contribution >= 0.6 is 23.8 Å². The SMILES string of the molecule is CN(C)C(=O)Cc1ccc(NC(=S)NC(=O)/C=C/c2ccc(Cl)cc2)cc1.